The number of imide groups is 1. The molecule has 0 saturated carbocycles. The highest BCUT2D eigenvalue weighted by molar-refractivity contribution is 6.31. The van der Waals surface area contributed by atoms with E-state index in [2.05, 4.69) is 15.3 Å². The maximum absolute atomic E-state index is 13.9. The fourth-order valence-electron chi connectivity index (χ4n) is 1.77. The van der Waals surface area contributed by atoms with Crippen LogP contribution >= 0.6 is 11.6 Å². The molecule has 2 N–H and O–H groups in total. The first-order valence-corrected chi connectivity index (χ1v) is 6.73. The summed E-state index contributed by atoms with van der Waals surface area (Å²) in [6.07, 6.45) is 2.84. The number of anilines is 1. The molecule has 0 spiro atoms. The van der Waals surface area contributed by atoms with Crippen molar-refractivity contribution in [3.63, 3.8) is 0 Å². The molecule has 0 aliphatic heterocycles. The summed E-state index contributed by atoms with van der Waals surface area (Å²) in [5.41, 5.74) is 0.0354. The Balaban J connectivity index is 2.16. The quantitative estimate of drug-likeness (QED) is 0.897. The maximum Gasteiger partial charge on any atom is 0.327 e. The molecule has 2 aromatic rings. The van der Waals surface area contributed by atoms with Crippen LogP contribution in [0.25, 0.3) is 0 Å². The van der Waals surface area contributed by atoms with Gasteiger partial charge in [-0.15, -0.1) is 0 Å². The predicted octanol–water partition coefficient (Wildman–Crippen LogP) is 2.55. The zero-order chi connectivity index (χ0) is 17.0. The Hall–Kier alpha value is -2.74. The normalized spacial score (nSPS) is 10.1. The number of nitrogens with zero attached hydrogens (tertiary/aromatic N) is 2. The Bertz CT molecular complexity index is 770. The zero-order valence-corrected chi connectivity index (χ0v) is 12.9. The molecular formula is C14H12ClFN4O3. The molecule has 0 bridgehead atoms. The number of carbonyl (C=O) groups is 2. The number of halogens is 2. The highest BCUT2D eigenvalue weighted by Gasteiger charge is 2.21. The molecule has 1 heterocycles. The molecule has 0 saturated heterocycles. The summed E-state index contributed by atoms with van der Waals surface area (Å²) in [4.78, 5) is 31.7. The molecular weight excluding hydrogens is 327 g/mol. The lowest BCUT2D eigenvalue weighted by molar-refractivity contribution is 0.0960. The van der Waals surface area contributed by atoms with Gasteiger partial charge in [-0.3, -0.25) is 20.4 Å². The summed E-state index contributed by atoms with van der Waals surface area (Å²) in [7, 11) is 1.25. The molecule has 7 nitrogen and oxygen atoms in total. The Morgan fingerprint density at radius 1 is 1.26 bits per heavy atom. The zero-order valence-electron chi connectivity index (χ0n) is 12.2. The number of rotatable bonds is 3. The van der Waals surface area contributed by atoms with Crippen molar-refractivity contribution in [2.75, 3.05) is 12.4 Å². The largest absolute Gasteiger partial charge is 0.496 e. The van der Waals surface area contributed by atoms with E-state index >= 15 is 0 Å². The van der Waals surface area contributed by atoms with Crippen LogP contribution in [0.1, 0.15) is 16.1 Å². The van der Waals surface area contributed by atoms with Gasteiger partial charge in [0, 0.05) is 17.4 Å². The molecule has 0 radical (unpaired) electrons. The highest BCUT2D eigenvalue weighted by Crippen LogP contribution is 2.26. The van der Waals surface area contributed by atoms with Crippen LogP contribution in [0.15, 0.2) is 24.5 Å². The van der Waals surface area contributed by atoms with Gasteiger partial charge in [0.25, 0.3) is 5.91 Å². The van der Waals surface area contributed by atoms with Crippen molar-refractivity contribution in [2.45, 2.75) is 6.92 Å². The molecule has 0 atom stereocenters. The van der Waals surface area contributed by atoms with Crippen LogP contribution < -0.4 is 15.4 Å². The van der Waals surface area contributed by atoms with Crippen LogP contribution in [-0.2, 0) is 0 Å². The fourth-order valence-corrected chi connectivity index (χ4v) is 1.96. The summed E-state index contributed by atoms with van der Waals surface area (Å²) in [6.45, 7) is 1.63. The van der Waals surface area contributed by atoms with Crippen molar-refractivity contribution in [1.82, 2.24) is 15.3 Å². The first-order chi connectivity index (χ1) is 10.9. The van der Waals surface area contributed by atoms with E-state index in [0.29, 0.717) is 5.69 Å². The summed E-state index contributed by atoms with van der Waals surface area (Å²) >= 11 is 5.69. The second-order valence-electron chi connectivity index (χ2n) is 4.36. The van der Waals surface area contributed by atoms with E-state index in [-0.39, 0.29) is 16.6 Å². The van der Waals surface area contributed by atoms with Crippen LogP contribution in [0.2, 0.25) is 5.02 Å². The van der Waals surface area contributed by atoms with Gasteiger partial charge in [-0.25, -0.2) is 14.2 Å². The average Bonchev–Trinajstić information content (AvgIpc) is 2.48. The van der Waals surface area contributed by atoms with Crippen LogP contribution in [0.5, 0.6) is 5.75 Å². The van der Waals surface area contributed by atoms with Crippen molar-refractivity contribution in [3.05, 3.63) is 46.6 Å². The molecule has 2 rings (SSSR count). The van der Waals surface area contributed by atoms with Gasteiger partial charge in [0.1, 0.15) is 17.1 Å². The van der Waals surface area contributed by atoms with Gasteiger partial charge in [-0.1, -0.05) is 11.6 Å². The topological polar surface area (TPSA) is 93.2 Å². The Labute approximate surface area is 135 Å². The fraction of sp³-hybridized carbons (Fsp3) is 0.143. The van der Waals surface area contributed by atoms with Gasteiger partial charge in [-0.05, 0) is 19.1 Å². The van der Waals surface area contributed by atoms with Crippen LogP contribution in [0, 0.1) is 12.7 Å². The second-order valence-corrected chi connectivity index (χ2v) is 4.80. The van der Waals surface area contributed by atoms with Crippen molar-refractivity contribution in [2.24, 2.45) is 0 Å². The Morgan fingerprint density at radius 2 is 1.96 bits per heavy atom. The van der Waals surface area contributed by atoms with Crippen molar-refractivity contribution < 1.29 is 18.7 Å². The summed E-state index contributed by atoms with van der Waals surface area (Å²) < 4.78 is 18.8. The molecule has 3 amide bonds. The second kappa shape index (κ2) is 7.01. The minimum atomic E-state index is -0.977. The molecule has 120 valence electrons. The minimum Gasteiger partial charge on any atom is -0.496 e. The van der Waals surface area contributed by atoms with Gasteiger partial charge in [0.05, 0.1) is 12.8 Å². The number of nitrogens with one attached hydrogen (secondary N) is 2. The van der Waals surface area contributed by atoms with Gasteiger partial charge in [-0.2, -0.15) is 0 Å². The maximum atomic E-state index is 13.9. The molecule has 9 heteroatoms. The number of aryl methyl sites for hydroxylation is 1. The van der Waals surface area contributed by atoms with Crippen LogP contribution in [0.4, 0.5) is 15.0 Å². The summed E-state index contributed by atoms with van der Waals surface area (Å²) in [5, 5.41) is 4.40. The first-order valence-electron chi connectivity index (χ1n) is 6.35. The Morgan fingerprint density at radius 3 is 2.61 bits per heavy atom. The SMILES string of the molecule is COc1cc(Cl)cc(F)c1C(=O)NC(=O)Nc1nccnc1C. The van der Waals surface area contributed by atoms with E-state index in [1.807, 2.05) is 5.32 Å². The minimum absolute atomic E-state index is 0.0653. The van der Waals surface area contributed by atoms with Crippen molar-refractivity contribution in [3.8, 4) is 5.75 Å². The van der Waals surface area contributed by atoms with E-state index in [1.54, 1.807) is 6.92 Å². The highest BCUT2D eigenvalue weighted by atomic mass is 35.5. The monoisotopic (exact) mass is 338 g/mol. The number of urea groups is 1. The molecule has 1 aromatic heterocycles. The van der Waals surface area contributed by atoms with E-state index in [1.165, 1.54) is 25.6 Å². The molecule has 23 heavy (non-hydrogen) atoms. The van der Waals surface area contributed by atoms with E-state index in [0.717, 1.165) is 6.07 Å². The average molecular weight is 339 g/mol. The lowest BCUT2D eigenvalue weighted by Gasteiger charge is -2.11. The van der Waals surface area contributed by atoms with Gasteiger partial charge in [0.2, 0.25) is 0 Å². The third-order valence-electron chi connectivity index (χ3n) is 2.81. The van der Waals surface area contributed by atoms with E-state index in [9.17, 15) is 14.0 Å². The van der Waals surface area contributed by atoms with Crippen molar-refractivity contribution in [1.29, 1.82) is 0 Å². The van der Waals surface area contributed by atoms with E-state index in [4.69, 9.17) is 16.3 Å². The number of benzene rings is 1. The Kier molecular flexibility index (Phi) is 5.07. The standard InChI is InChI=1S/C14H12ClFN4O3/c1-7-12(18-4-3-17-7)19-14(22)20-13(21)11-9(16)5-8(15)6-10(11)23-2/h3-6H,1-2H3,(H2,18,19,20,21,22). The summed E-state index contributed by atoms with van der Waals surface area (Å²) in [5.74, 6) is -1.79. The first kappa shape index (κ1) is 16.6. The van der Waals surface area contributed by atoms with Gasteiger partial charge >= 0.3 is 6.03 Å². The molecule has 0 aliphatic rings. The van der Waals surface area contributed by atoms with Gasteiger partial charge in [0.15, 0.2) is 5.82 Å². The number of hydrogen-bond acceptors (Lipinski definition) is 5. The number of carbonyl (C=O) groups excluding carboxylic acids is 2. The van der Waals surface area contributed by atoms with Crippen LogP contribution in [0.3, 0.4) is 0 Å². The predicted molar refractivity (Wildman–Crippen MR) is 81.2 cm³/mol. The molecule has 0 unspecified atom stereocenters. The number of aromatic nitrogens is 2. The number of amides is 3. The smallest absolute Gasteiger partial charge is 0.327 e. The molecule has 0 fully saturated rings. The molecule has 0 aliphatic carbocycles. The number of methoxy groups -OCH3 is 1. The lowest BCUT2D eigenvalue weighted by Crippen LogP contribution is -2.35. The third-order valence-corrected chi connectivity index (χ3v) is 3.02. The number of hydrogen-bond donors (Lipinski definition) is 2. The number of ether oxygens (including phenoxy) is 1. The summed E-state index contributed by atoms with van der Waals surface area (Å²) in [6, 6.07) is 1.34. The van der Waals surface area contributed by atoms with Crippen molar-refractivity contribution >= 4 is 29.4 Å². The molecule has 1 aromatic carbocycles. The van der Waals surface area contributed by atoms with E-state index < -0.39 is 23.3 Å². The van der Waals surface area contributed by atoms with Crippen LogP contribution in [-0.4, -0.2) is 29.0 Å². The van der Waals surface area contributed by atoms with Gasteiger partial charge < -0.3 is 4.74 Å². The lowest BCUT2D eigenvalue weighted by atomic mass is 10.1. The third kappa shape index (κ3) is 3.92.